The van der Waals surface area contributed by atoms with Crippen molar-refractivity contribution in [3.8, 4) is 0 Å². The topological polar surface area (TPSA) is 115 Å². The molecule has 1 saturated heterocycles. The largest absolute Gasteiger partial charge is 0.478 e. The zero-order chi connectivity index (χ0) is 28.5. The van der Waals surface area contributed by atoms with Crippen LogP contribution in [-0.2, 0) is 15.6 Å². The van der Waals surface area contributed by atoms with Crippen LogP contribution in [-0.4, -0.2) is 53.1 Å². The Morgan fingerprint density at radius 2 is 1.71 bits per heavy atom. The summed E-state index contributed by atoms with van der Waals surface area (Å²) in [7, 11) is -2.25. The fourth-order valence-electron chi connectivity index (χ4n) is 4.51. The summed E-state index contributed by atoms with van der Waals surface area (Å²) in [5.41, 5.74) is 7.32. The van der Waals surface area contributed by atoms with Gasteiger partial charge in [-0.1, -0.05) is 39.0 Å². The Bertz CT molecular complexity index is 1120. The van der Waals surface area contributed by atoms with Crippen molar-refractivity contribution in [3.63, 3.8) is 0 Å². The fourth-order valence-corrected chi connectivity index (χ4v) is 5.79. The quantitative estimate of drug-likeness (QED) is 0.388. The first kappa shape index (κ1) is 29.6. The van der Waals surface area contributed by atoms with Gasteiger partial charge in [0.1, 0.15) is 11.4 Å². The third-order valence-electron chi connectivity index (χ3n) is 7.54. The van der Waals surface area contributed by atoms with Crippen molar-refractivity contribution in [3.05, 3.63) is 59.3 Å². The minimum Gasteiger partial charge on any atom is -0.478 e. The van der Waals surface area contributed by atoms with E-state index < -0.39 is 26.0 Å². The summed E-state index contributed by atoms with van der Waals surface area (Å²) in [4.78, 5) is 31.2. The zero-order valence-electron chi connectivity index (χ0n) is 23.9. The van der Waals surface area contributed by atoms with Crippen LogP contribution in [0.1, 0.15) is 82.0 Å². The van der Waals surface area contributed by atoms with E-state index in [2.05, 4.69) is 38.8 Å². The van der Waals surface area contributed by atoms with E-state index in [1.165, 1.54) is 0 Å². The third kappa shape index (κ3) is 7.14. The molecule has 1 unspecified atom stereocenters. The molecule has 3 atom stereocenters. The van der Waals surface area contributed by atoms with Gasteiger partial charge in [0.15, 0.2) is 8.32 Å². The van der Waals surface area contributed by atoms with Crippen molar-refractivity contribution >= 4 is 26.2 Å². The zero-order valence-corrected chi connectivity index (χ0v) is 24.9. The lowest BCUT2D eigenvalue weighted by Gasteiger charge is -2.43. The number of carboxylic acid groups (broad SMARTS) is 1. The first-order valence-corrected chi connectivity index (χ1v) is 16.1. The van der Waals surface area contributed by atoms with Gasteiger partial charge in [-0.05, 0) is 81.9 Å². The summed E-state index contributed by atoms with van der Waals surface area (Å²) in [6.07, 6.45) is 3.07. The van der Waals surface area contributed by atoms with Crippen molar-refractivity contribution < 1.29 is 23.9 Å². The van der Waals surface area contributed by atoms with E-state index >= 15 is 0 Å². The summed E-state index contributed by atoms with van der Waals surface area (Å²) < 4.78 is 12.9. The van der Waals surface area contributed by atoms with E-state index in [1.54, 1.807) is 24.4 Å². The summed E-state index contributed by atoms with van der Waals surface area (Å²) in [5.74, 6) is -0.534. The molecule has 0 radical (unpaired) electrons. The van der Waals surface area contributed by atoms with Gasteiger partial charge in [0.2, 0.25) is 0 Å². The third-order valence-corrected chi connectivity index (χ3v) is 12.0. The molecule has 1 aliphatic heterocycles. The Morgan fingerprint density at radius 1 is 1.08 bits per heavy atom. The maximum atomic E-state index is 13.7. The van der Waals surface area contributed by atoms with Crippen LogP contribution < -0.4 is 5.73 Å². The maximum Gasteiger partial charge on any atom is 0.410 e. The summed E-state index contributed by atoms with van der Waals surface area (Å²) >= 11 is 0. The highest BCUT2D eigenvalue weighted by atomic mass is 28.4. The molecule has 3 N–H and O–H groups in total. The monoisotopic (exact) mass is 541 g/mol. The molecule has 0 spiro atoms. The first-order chi connectivity index (χ1) is 17.5. The number of carbonyl (C=O) groups excluding carboxylic acids is 1. The molecule has 8 nitrogen and oxygen atoms in total. The maximum absolute atomic E-state index is 13.7. The van der Waals surface area contributed by atoms with E-state index in [4.69, 9.17) is 14.9 Å². The number of rotatable bonds is 7. The van der Waals surface area contributed by atoms with Gasteiger partial charge >= 0.3 is 12.1 Å². The van der Waals surface area contributed by atoms with Crippen molar-refractivity contribution in [1.29, 1.82) is 0 Å². The standard InChI is InChI=1S/C29H43N3O5Si/c1-28(2,3)36-27(35)32-22(17-19-9-11-20(12-10-19)26(33)34)14-15-23(32)25(21-13-16-24(30)31-18-21)37-38(7,8)29(4,5)6/h9-13,16,18,22-23,25H,14-15,17H2,1-8H3,(H2,30,31)(H,33,34)/t22-,23+,25?/m0/s1. The number of likely N-dealkylation sites (tertiary alicyclic amines) is 1. The second-order valence-electron chi connectivity index (χ2n) is 12.7. The molecule has 2 heterocycles. The number of pyridine rings is 1. The van der Waals surface area contributed by atoms with Crippen LogP contribution >= 0.6 is 0 Å². The molecule has 1 aliphatic rings. The average Bonchev–Trinajstić information content (AvgIpc) is 3.20. The summed E-state index contributed by atoms with van der Waals surface area (Å²) in [6.45, 7) is 16.6. The molecule has 1 fully saturated rings. The lowest BCUT2D eigenvalue weighted by Crippen LogP contribution is -2.50. The number of anilines is 1. The molecule has 208 valence electrons. The molecule has 1 amide bonds. The van der Waals surface area contributed by atoms with E-state index in [9.17, 15) is 14.7 Å². The molecule has 0 aliphatic carbocycles. The molecule has 0 bridgehead atoms. The molecule has 1 aromatic carbocycles. The van der Waals surface area contributed by atoms with Crippen LogP contribution in [0.25, 0.3) is 0 Å². The summed E-state index contributed by atoms with van der Waals surface area (Å²) in [5, 5.41) is 9.23. The van der Waals surface area contributed by atoms with Gasteiger partial charge in [-0.3, -0.25) is 4.90 Å². The number of ether oxygens (including phenoxy) is 1. The first-order valence-electron chi connectivity index (χ1n) is 13.2. The van der Waals surface area contributed by atoms with Gasteiger partial charge in [-0.15, -0.1) is 0 Å². The highest BCUT2D eigenvalue weighted by Gasteiger charge is 2.47. The number of nitrogens with zero attached hydrogens (tertiary/aromatic N) is 2. The van der Waals surface area contributed by atoms with E-state index in [-0.39, 0.29) is 28.8 Å². The highest BCUT2D eigenvalue weighted by molar-refractivity contribution is 6.74. The van der Waals surface area contributed by atoms with Gasteiger partial charge in [0.25, 0.3) is 0 Å². The Balaban J connectivity index is 2.01. The average molecular weight is 542 g/mol. The minimum absolute atomic E-state index is 0.0346. The van der Waals surface area contributed by atoms with Gasteiger partial charge in [-0.2, -0.15) is 0 Å². The van der Waals surface area contributed by atoms with Crippen LogP contribution in [0.15, 0.2) is 42.6 Å². The molecular formula is C29H43N3O5Si. The number of aromatic carboxylic acids is 1. The van der Waals surface area contributed by atoms with E-state index in [0.29, 0.717) is 12.2 Å². The lowest BCUT2D eigenvalue weighted by molar-refractivity contribution is -0.00244. The predicted octanol–water partition coefficient (Wildman–Crippen LogP) is 6.44. The van der Waals surface area contributed by atoms with Crippen LogP contribution in [0.3, 0.4) is 0 Å². The number of benzene rings is 1. The Kier molecular flexibility index (Phi) is 8.63. The van der Waals surface area contributed by atoms with Crippen molar-refractivity contribution in [2.75, 3.05) is 5.73 Å². The van der Waals surface area contributed by atoms with Crippen LogP contribution in [0.4, 0.5) is 10.6 Å². The molecule has 1 aromatic heterocycles. The SMILES string of the molecule is CC(C)(C)OC(=O)N1[C@H](Cc2ccc(C(=O)O)cc2)CC[C@@H]1C(O[Si](C)(C)C(C)(C)C)c1ccc(N)nc1. The lowest BCUT2D eigenvalue weighted by atomic mass is 10.0. The van der Waals surface area contributed by atoms with E-state index in [0.717, 1.165) is 24.0 Å². The number of hydrogen-bond donors (Lipinski definition) is 2. The minimum atomic E-state index is -2.25. The Labute approximate surface area is 227 Å². The highest BCUT2D eigenvalue weighted by Crippen LogP contribution is 2.44. The molecule has 2 aromatic rings. The van der Waals surface area contributed by atoms with Crippen LogP contribution in [0, 0.1) is 0 Å². The normalized spacial score (nSPS) is 19.3. The number of carbonyl (C=O) groups is 2. The molecule has 3 rings (SSSR count). The van der Waals surface area contributed by atoms with Gasteiger partial charge in [-0.25, -0.2) is 14.6 Å². The molecular weight excluding hydrogens is 498 g/mol. The Hall–Kier alpha value is -2.91. The summed E-state index contributed by atoms with van der Waals surface area (Å²) in [6, 6.07) is 10.2. The number of carboxylic acids is 1. The number of hydrogen-bond acceptors (Lipinski definition) is 6. The van der Waals surface area contributed by atoms with Crippen LogP contribution in [0.2, 0.25) is 18.1 Å². The van der Waals surface area contributed by atoms with Gasteiger partial charge in [0, 0.05) is 17.8 Å². The number of aromatic nitrogens is 1. The van der Waals surface area contributed by atoms with Crippen molar-refractivity contribution in [1.82, 2.24) is 9.88 Å². The molecule has 0 saturated carbocycles. The van der Waals surface area contributed by atoms with Crippen molar-refractivity contribution in [2.45, 2.75) is 103 Å². The predicted molar refractivity (Wildman–Crippen MR) is 152 cm³/mol. The van der Waals surface area contributed by atoms with E-state index in [1.807, 2.05) is 43.9 Å². The molecule has 38 heavy (non-hydrogen) atoms. The Morgan fingerprint density at radius 3 is 2.21 bits per heavy atom. The second kappa shape index (κ2) is 11.1. The van der Waals surface area contributed by atoms with Gasteiger partial charge in [0.05, 0.1) is 17.7 Å². The number of amides is 1. The second-order valence-corrected chi connectivity index (χ2v) is 17.5. The number of nitrogens with two attached hydrogens (primary N) is 1. The fraction of sp³-hybridized carbons (Fsp3) is 0.552. The van der Waals surface area contributed by atoms with Gasteiger partial charge < -0.3 is 20.0 Å². The van der Waals surface area contributed by atoms with Crippen molar-refractivity contribution in [2.24, 2.45) is 0 Å². The number of nitrogen functional groups attached to an aromatic ring is 1. The van der Waals surface area contributed by atoms with Crippen LogP contribution in [0.5, 0.6) is 0 Å². The molecule has 9 heteroatoms. The smallest absolute Gasteiger partial charge is 0.410 e.